The Balaban J connectivity index is 1.92. The molecule has 0 aliphatic carbocycles. The number of hydrogen-bond acceptors (Lipinski definition) is 2. The molecule has 2 atom stereocenters. The zero-order chi connectivity index (χ0) is 15.2. The molecule has 0 radical (unpaired) electrons. The lowest BCUT2D eigenvalue weighted by Crippen LogP contribution is -2.34. The van der Waals surface area contributed by atoms with Gasteiger partial charge in [-0.2, -0.15) is 0 Å². The number of rotatable bonds is 3. The molecule has 2 unspecified atom stereocenters. The van der Waals surface area contributed by atoms with E-state index in [2.05, 4.69) is 82.1 Å². The van der Waals surface area contributed by atoms with Crippen LogP contribution in [0.3, 0.4) is 0 Å². The van der Waals surface area contributed by atoms with Gasteiger partial charge in [-0.15, -0.1) is 0 Å². The Kier molecular flexibility index (Phi) is 3.27. The number of nitrogens with zero attached hydrogens (tertiary/aromatic N) is 2. The van der Waals surface area contributed by atoms with E-state index in [1.165, 1.54) is 22.2 Å². The molecule has 1 aliphatic rings. The molecule has 3 rings (SSSR count). The van der Waals surface area contributed by atoms with Crippen molar-refractivity contribution in [2.24, 2.45) is 10.9 Å². The molecule has 0 aromatic heterocycles. The average molecular weight is 280 g/mol. The SMILES string of the molecule is CC(c1cccc2ccccc12)N(C)C1=NC1(C)C(C)C. The normalized spacial score (nSPS) is 22.3. The molecule has 1 aliphatic heterocycles. The molecular weight excluding hydrogens is 256 g/mol. The summed E-state index contributed by atoms with van der Waals surface area (Å²) in [4.78, 5) is 7.09. The minimum absolute atomic E-state index is 0.0353. The summed E-state index contributed by atoms with van der Waals surface area (Å²) in [7, 11) is 2.17. The van der Waals surface area contributed by atoms with Crippen LogP contribution in [0.15, 0.2) is 47.5 Å². The molecule has 1 heterocycles. The van der Waals surface area contributed by atoms with Crippen molar-refractivity contribution in [3.8, 4) is 0 Å². The van der Waals surface area contributed by atoms with E-state index in [4.69, 9.17) is 4.99 Å². The van der Waals surface area contributed by atoms with E-state index in [0.717, 1.165) is 0 Å². The predicted molar refractivity (Wildman–Crippen MR) is 90.8 cm³/mol. The summed E-state index contributed by atoms with van der Waals surface area (Å²) in [5.41, 5.74) is 1.41. The number of amidine groups is 1. The van der Waals surface area contributed by atoms with Crippen molar-refractivity contribution in [2.45, 2.75) is 39.3 Å². The first-order valence-electron chi connectivity index (χ1n) is 7.76. The van der Waals surface area contributed by atoms with Gasteiger partial charge in [0.05, 0.1) is 6.04 Å². The van der Waals surface area contributed by atoms with Crippen LogP contribution in [0.4, 0.5) is 0 Å². The van der Waals surface area contributed by atoms with Gasteiger partial charge in [0.15, 0.2) is 0 Å². The van der Waals surface area contributed by atoms with Crippen LogP contribution >= 0.6 is 0 Å². The first kappa shape index (κ1) is 14.1. The largest absolute Gasteiger partial charge is 0.355 e. The Bertz CT molecular complexity index is 696. The fourth-order valence-corrected chi connectivity index (χ4v) is 3.02. The van der Waals surface area contributed by atoms with Crippen molar-refractivity contribution < 1.29 is 0 Å². The molecule has 0 saturated heterocycles. The quantitative estimate of drug-likeness (QED) is 0.798. The highest BCUT2D eigenvalue weighted by molar-refractivity contribution is 6.03. The van der Waals surface area contributed by atoms with Crippen molar-refractivity contribution in [2.75, 3.05) is 7.05 Å². The van der Waals surface area contributed by atoms with E-state index in [0.29, 0.717) is 12.0 Å². The topological polar surface area (TPSA) is 15.6 Å². The summed E-state index contributed by atoms with van der Waals surface area (Å²) in [6.07, 6.45) is 0. The second-order valence-electron chi connectivity index (χ2n) is 6.59. The second-order valence-corrected chi connectivity index (χ2v) is 6.59. The molecule has 2 nitrogen and oxygen atoms in total. The van der Waals surface area contributed by atoms with Crippen LogP contribution in [0, 0.1) is 5.92 Å². The molecule has 2 aromatic rings. The van der Waals surface area contributed by atoms with E-state index < -0.39 is 0 Å². The lowest BCUT2D eigenvalue weighted by molar-refractivity contribution is 0.388. The first-order chi connectivity index (χ1) is 9.95. The Morgan fingerprint density at radius 3 is 2.33 bits per heavy atom. The lowest BCUT2D eigenvalue weighted by Gasteiger charge is -2.28. The van der Waals surface area contributed by atoms with Crippen LogP contribution in [0.1, 0.15) is 39.3 Å². The van der Waals surface area contributed by atoms with Gasteiger partial charge in [0, 0.05) is 7.05 Å². The van der Waals surface area contributed by atoms with E-state index in [-0.39, 0.29) is 5.54 Å². The van der Waals surface area contributed by atoms with Gasteiger partial charge in [0.1, 0.15) is 11.4 Å². The monoisotopic (exact) mass is 280 g/mol. The average Bonchev–Trinajstić information content (AvgIpc) is 3.19. The molecule has 0 bridgehead atoms. The maximum atomic E-state index is 4.76. The molecule has 2 heteroatoms. The highest BCUT2D eigenvalue weighted by Crippen LogP contribution is 2.40. The lowest BCUT2D eigenvalue weighted by atomic mass is 9.93. The van der Waals surface area contributed by atoms with Crippen LogP contribution in [-0.2, 0) is 0 Å². The van der Waals surface area contributed by atoms with E-state index in [9.17, 15) is 0 Å². The van der Waals surface area contributed by atoms with Crippen LogP contribution in [-0.4, -0.2) is 23.3 Å². The maximum absolute atomic E-state index is 4.76. The fourth-order valence-electron chi connectivity index (χ4n) is 3.02. The summed E-state index contributed by atoms with van der Waals surface area (Å²) >= 11 is 0. The summed E-state index contributed by atoms with van der Waals surface area (Å²) < 4.78 is 0. The van der Waals surface area contributed by atoms with Gasteiger partial charge in [-0.1, -0.05) is 56.3 Å². The third kappa shape index (κ3) is 2.23. The summed E-state index contributed by atoms with van der Waals surface area (Å²) in [6.45, 7) is 8.99. The predicted octanol–water partition coefficient (Wildman–Crippen LogP) is 4.66. The molecule has 110 valence electrons. The third-order valence-corrected chi connectivity index (χ3v) is 5.05. The van der Waals surface area contributed by atoms with Crippen LogP contribution < -0.4 is 0 Å². The summed E-state index contributed by atoms with van der Waals surface area (Å²) in [6, 6.07) is 15.5. The molecule has 0 spiro atoms. The Hall–Kier alpha value is -1.83. The molecule has 0 N–H and O–H groups in total. The van der Waals surface area contributed by atoms with E-state index in [1.807, 2.05) is 0 Å². The fraction of sp³-hybridized carbons (Fsp3) is 0.421. The van der Waals surface area contributed by atoms with Gasteiger partial charge in [0.25, 0.3) is 0 Å². The highest BCUT2D eigenvalue weighted by atomic mass is 15.3. The summed E-state index contributed by atoms with van der Waals surface area (Å²) in [5.74, 6) is 1.78. The van der Waals surface area contributed by atoms with E-state index >= 15 is 0 Å². The van der Waals surface area contributed by atoms with Crippen molar-refractivity contribution in [1.82, 2.24) is 4.90 Å². The maximum Gasteiger partial charge on any atom is 0.128 e. The van der Waals surface area contributed by atoms with Crippen LogP contribution in [0.25, 0.3) is 10.8 Å². The van der Waals surface area contributed by atoms with Gasteiger partial charge in [-0.25, -0.2) is 0 Å². The van der Waals surface area contributed by atoms with Gasteiger partial charge in [-0.3, -0.25) is 4.99 Å². The number of likely N-dealkylation sites (N-methyl/N-ethyl adjacent to an activating group) is 1. The highest BCUT2D eigenvalue weighted by Gasteiger charge is 2.48. The van der Waals surface area contributed by atoms with Gasteiger partial charge >= 0.3 is 0 Å². The van der Waals surface area contributed by atoms with Gasteiger partial charge in [0.2, 0.25) is 0 Å². The van der Waals surface area contributed by atoms with Crippen molar-refractivity contribution in [3.05, 3.63) is 48.0 Å². The third-order valence-electron chi connectivity index (χ3n) is 5.05. The smallest absolute Gasteiger partial charge is 0.128 e. The molecule has 21 heavy (non-hydrogen) atoms. The molecule has 2 aromatic carbocycles. The number of hydrogen-bond donors (Lipinski definition) is 0. The van der Waals surface area contributed by atoms with Crippen molar-refractivity contribution in [3.63, 3.8) is 0 Å². The van der Waals surface area contributed by atoms with Crippen molar-refractivity contribution in [1.29, 1.82) is 0 Å². The number of benzene rings is 2. The standard InChI is InChI=1S/C19H24N2/c1-13(2)19(4)18(20-19)21(5)14(3)16-12-8-10-15-9-6-7-11-17(15)16/h6-14H,1-5H3. The molecule has 0 saturated carbocycles. The zero-order valence-electron chi connectivity index (χ0n) is 13.6. The number of aliphatic imine (C=N–C) groups is 1. The molecular formula is C19H24N2. The minimum Gasteiger partial charge on any atom is -0.355 e. The minimum atomic E-state index is 0.0353. The van der Waals surface area contributed by atoms with Crippen molar-refractivity contribution >= 4 is 16.6 Å². The zero-order valence-corrected chi connectivity index (χ0v) is 13.6. The molecule has 0 fully saturated rings. The Labute approximate surface area is 127 Å². The van der Waals surface area contributed by atoms with Crippen LogP contribution in [0.2, 0.25) is 0 Å². The first-order valence-corrected chi connectivity index (χ1v) is 7.76. The van der Waals surface area contributed by atoms with Gasteiger partial charge in [-0.05, 0) is 36.1 Å². The van der Waals surface area contributed by atoms with E-state index in [1.54, 1.807) is 0 Å². The van der Waals surface area contributed by atoms with Crippen LogP contribution in [0.5, 0.6) is 0 Å². The number of fused-ring (bicyclic) bond motifs is 1. The summed E-state index contributed by atoms with van der Waals surface area (Å²) in [5, 5.41) is 2.64. The van der Waals surface area contributed by atoms with Gasteiger partial charge < -0.3 is 4.90 Å². The molecule has 0 amide bonds. The Morgan fingerprint density at radius 2 is 1.67 bits per heavy atom. The Morgan fingerprint density at radius 1 is 1.00 bits per heavy atom. The second kappa shape index (κ2) is 4.87.